The normalized spacial score (nSPS) is 18.9. The van der Waals surface area contributed by atoms with Crippen molar-refractivity contribution in [3.05, 3.63) is 138 Å². The number of hydrogen-bond acceptors (Lipinski definition) is 2. The Bertz CT molecular complexity index is 2050. The van der Waals surface area contributed by atoms with E-state index in [0.717, 1.165) is 82.7 Å². The van der Waals surface area contributed by atoms with Crippen LogP contribution in [-0.2, 0) is 0 Å². The molecule has 7 heteroatoms. The van der Waals surface area contributed by atoms with E-state index in [9.17, 15) is 0 Å². The van der Waals surface area contributed by atoms with E-state index in [1.165, 1.54) is 17.0 Å². The van der Waals surface area contributed by atoms with Crippen molar-refractivity contribution in [3.63, 3.8) is 0 Å². The second kappa shape index (κ2) is 13.6. The molecule has 2 aliphatic rings. The van der Waals surface area contributed by atoms with E-state index in [1.54, 1.807) is 0 Å². The summed E-state index contributed by atoms with van der Waals surface area (Å²) in [6, 6.07) is 30.5. The van der Waals surface area contributed by atoms with Crippen LogP contribution in [0.15, 0.2) is 120 Å². The smallest absolute Gasteiger partial charge is 0.0642 e. The number of aliphatic imine (C=N–C) groups is 2. The third-order valence-corrected chi connectivity index (χ3v) is 11.4. The molecule has 0 radical (unpaired) electrons. The Labute approximate surface area is 320 Å². The van der Waals surface area contributed by atoms with Crippen LogP contribution >= 0.6 is 47.8 Å². The maximum Gasteiger partial charge on any atom is 0.0642 e. The molecule has 0 bridgehead atoms. The van der Waals surface area contributed by atoms with Gasteiger partial charge in [0.1, 0.15) is 0 Å². The Balaban J connectivity index is 1.45. The summed E-state index contributed by atoms with van der Waals surface area (Å²) in [5.41, 5.74) is 14.6. The lowest BCUT2D eigenvalue weighted by molar-refractivity contribution is 0.487. The van der Waals surface area contributed by atoms with Crippen molar-refractivity contribution >= 4 is 71.4 Å². The molecule has 0 saturated carbocycles. The van der Waals surface area contributed by atoms with Gasteiger partial charge in [-0.2, -0.15) is 0 Å². The SMILES string of the molecule is CC1=N/C(=C\c2[nH]c(C(c3ccc(Br)cc3)c3cc(-c4ccc(Br)cc4)c(/C=C4/N=C(C)CC4(C)C)[nH]3)cc2-c2ccc(Br)cc2)C(C)(C)C1. The molecule has 0 aliphatic carbocycles. The average molecular weight is 854 g/mol. The molecule has 50 heavy (non-hydrogen) atoms. The van der Waals surface area contributed by atoms with Gasteiger partial charge in [-0.25, -0.2) is 0 Å². The first-order valence-corrected chi connectivity index (χ1v) is 19.4. The maximum atomic E-state index is 5.00. The quantitative estimate of drug-likeness (QED) is 0.164. The molecule has 2 aromatic heterocycles. The second-order valence-electron chi connectivity index (χ2n) is 15.0. The summed E-state index contributed by atoms with van der Waals surface area (Å²) in [4.78, 5) is 17.9. The number of allylic oxidation sites excluding steroid dienone is 2. The predicted molar refractivity (Wildman–Crippen MR) is 222 cm³/mol. The molecule has 4 heterocycles. The number of halogens is 3. The summed E-state index contributed by atoms with van der Waals surface area (Å²) >= 11 is 11.0. The number of nitrogens with zero attached hydrogens (tertiary/aromatic N) is 2. The van der Waals surface area contributed by atoms with E-state index < -0.39 is 0 Å². The number of nitrogens with one attached hydrogen (secondary N) is 2. The highest BCUT2D eigenvalue weighted by Crippen LogP contribution is 2.44. The summed E-state index contributed by atoms with van der Waals surface area (Å²) in [5.74, 6) is -0.102. The molecule has 0 fully saturated rings. The molecular formula is C43H41Br3N4. The van der Waals surface area contributed by atoms with E-state index in [1.807, 2.05) is 0 Å². The predicted octanol–water partition coefficient (Wildman–Crippen LogP) is 13.6. The van der Waals surface area contributed by atoms with Crippen molar-refractivity contribution in [2.75, 3.05) is 0 Å². The number of benzene rings is 3. The Morgan fingerprint density at radius 3 is 1.28 bits per heavy atom. The van der Waals surface area contributed by atoms with Crippen LogP contribution in [0.4, 0.5) is 0 Å². The van der Waals surface area contributed by atoms with Gasteiger partial charge in [-0.3, -0.25) is 9.98 Å². The molecule has 2 aliphatic heterocycles. The standard InChI is InChI=1S/C43H41Br3N4/c1-25-23-42(3,4)39(47-25)21-35-33(27-7-13-30(44)14-8-27)19-37(49-35)41(29-11-17-32(46)18-12-29)38-20-34(28-9-15-31(45)16-10-28)36(50-38)22-40-43(5,6)24-26(2)48-40/h7-22,41,49-50H,23-24H2,1-6H3/b39-21-,40-22+. The van der Waals surface area contributed by atoms with Gasteiger partial charge < -0.3 is 9.97 Å². The molecule has 1 atom stereocenters. The molecule has 1 unspecified atom stereocenters. The minimum Gasteiger partial charge on any atom is -0.357 e. The summed E-state index contributed by atoms with van der Waals surface area (Å²) in [7, 11) is 0. The van der Waals surface area contributed by atoms with E-state index in [-0.39, 0.29) is 16.7 Å². The molecule has 254 valence electrons. The Morgan fingerprint density at radius 1 is 0.580 bits per heavy atom. The van der Waals surface area contributed by atoms with Gasteiger partial charge in [-0.15, -0.1) is 0 Å². The van der Waals surface area contributed by atoms with Crippen LogP contribution < -0.4 is 0 Å². The van der Waals surface area contributed by atoms with Crippen LogP contribution in [0.3, 0.4) is 0 Å². The highest BCUT2D eigenvalue weighted by Gasteiger charge is 2.32. The summed E-state index contributed by atoms with van der Waals surface area (Å²) in [6.07, 6.45) is 6.44. The lowest BCUT2D eigenvalue weighted by atomic mass is 9.86. The fraction of sp³-hybridized carbons (Fsp3) is 0.256. The summed E-state index contributed by atoms with van der Waals surface area (Å²) in [5, 5.41) is 0. The minimum absolute atomic E-state index is 0.0340. The average Bonchev–Trinajstić information content (AvgIpc) is 3.78. The zero-order valence-corrected chi connectivity index (χ0v) is 34.0. The number of H-pyrrole nitrogens is 2. The molecule has 3 aromatic carbocycles. The number of hydrogen-bond donors (Lipinski definition) is 2. The summed E-state index contributed by atoms with van der Waals surface area (Å²) < 4.78 is 3.16. The van der Waals surface area contributed by atoms with Gasteiger partial charge in [-0.05, 0) is 104 Å². The maximum absolute atomic E-state index is 5.00. The van der Waals surface area contributed by atoms with Gasteiger partial charge in [0, 0.05) is 81.0 Å². The van der Waals surface area contributed by atoms with E-state index in [4.69, 9.17) is 9.98 Å². The van der Waals surface area contributed by atoms with Crippen LogP contribution in [0.5, 0.6) is 0 Å². The largest absolute Gasteiger partial charge is 0.357 e. The summed E-state index contributed by atoms with van der Waals surface area (Å²) in [6.45, 7) is 13.4. The van der Waals surface area contributed by atoms with Crippen molar-refractivity contribution < 1.29 is 0 Å². The third kappa shape index (κ3) is 7.15. The third-order valence-electron chi connectivity index (χ3n) is 9.84. The monoisotopic (exact) mass is 850 g/mol. The van der Waals surface area contributed by atoms with Crippen LogP contribution in [0.2, 0.25) is 0 Å². The molecule has 0 spiro atoms. The first kappa shape index (κ1) is 34.9. The highest BCUT2D eigenvalue weighted by atomic mass is 79.9. The van der Waals surface area contributed by atoms with Crippen molar-refractivity contribution in [1.82, 2.24) is 9.97 Å². The fourth-order valence-electron chi connectivity index (χ4n) is 7.42. The topological polar surface area (TPSA) is 56.3 Å². The van der Waals surface area contributed by atoms with Gasteiger partial charge >= 0.3 is 0 Å². The van der Waals surface area contributed by atoms with Crippen molar-refractivity contribution in [2.24, 2.45) is 20.8 Å². The molecule has 0 amide bonds. The van der Waals surface area contributed by atoms with Crippen molar-refractivity contribution in [3.8, 4) is 22.3 Å². The van der Waals surface area contributed by atoms with E-state index in [2.05, 4.69) is 196 Å². The van der Waals surface area contributed by atoms with Gasteiger partial charge in [0.15, 0.2) is 0 Å². The first-order chi connectivity index (χ1) is 23.8. The van der Waals surface area contributed by atoms with E-state index in [0.29, 0.717) is 0 Å². The van der Waals surface area contributed by atoms with Crippen LogP contribution in [-0.4, -0.2) is 21.4 Å². The molecule has 2 N–H and O–H groups in total. The second-order valence-corrected chi connectivity index (χ2v) is 17.7. The molecule has 4 nitrogen and oxygen atoms in total. The number of aromatic nitrogens is 2. The molecule has 7 rings (SSSR count). The van der Waals surface area contributed by atoms with Gasteiger partial charge in [0.2, 0.25) is 0 Å². The Morgan fingerprint density at radius 2 is 0.940 bits per heavy atom. The van der Waals surface area contributed by atoms with Crippen molar-refractivity contribution in [1.29, 1.82) is 0 Å². The molecular weight excluding hydrogens is 812 g/mol. The van der Waals surface area contributed by atoms with E-state index >= 15 is 0 Å². The molecule has 0 saturated heterocycles. The molecule has 5 aromatic rings. The van der Waals surface area contributed by atoms with Crippen molar-refractivity contribution in [2.45, 2.75) is 60.3 Å². The first-order valence-electron chi connectivity index (χ1n) is 17.0. The Kier molecular flexibility index (Phi) is 9.46. The van der Waals surface area contributed by atoms with Gasteiger partial charge in [-0.1, -0.05) is 112 Å². The minimum atomic E-state index is -0.102. The zero-order valence-electron chi connectivity index (χ0n) is 29.3. The van der Waals surface area contributed by atoms with Gasteiger partial charge in [0.05, 0.1) is 5.92 Å². The number of rotatable bonds is 7. The highest BCUT2D eigenvalue weighted by molar-refractivity contribution is 9.11. The number of aromatic amines is 2. The lowest BCUT2D eigenvalue weighted by Gasteiger charge is -2.18. The van der Waals surface area contributed by atoms with Crippen LogP contribution in [0.1, 0.15) is 88.6 Å². The lowest BCUT2D eigenvalue weighted by Crippen LogP contribution is -2.10. The zero-order chi connectivity index (χ0) is 35.4. The van der Waals surface area contributed by atoms with Crippen LogP contribution in [0, 0.1) is 10.8 Å². The fourth-order valence-corrected chi connectivity index (χ4v) is 8.22. The van der Waals surface area contributed by atoms with Crippen LogP contribution in [0.25, 0.3) is 34.4 Å². The Hall–Kier alpha value is -3.52. The van der Waals surface area contributed by atoms with Gasteiger partial charge in [0.25, 0.3) is 0 Å².